The Labute approximate surface area is 115 Å². The van der Waals surface area contributed by atoms with E-state index in [0.717, 1.165) is 18.0 Å². The van der Waals surface area contributed by atoms with Gasteiger partial charge in [0.1, 0.15) is 5.75 Å². The van der Waals surface area contributed by atoms with Crippen LogP contribution in [0.25, 0.3) is 0 Å². The fourth-order valence-corrected chi connectivity index (χ4v) is 1.95. The van der Waals surface area contributed by atoms with E-state index in [-0.39, 0.29) is 0 Å². The van der Waals surface area contributed by atoms with Crippen molar-refractivity contribution in [2.24, 2.45) is 0 Å². The molecule has 0 saturated carbocycles. The molecule has 0 atom stereocenters. The molecule has 0 amide bonds. The Morgan fingerprint density at radius 1 is 0.947 bits per heavy atom. The predicted molar refractivity (Wildman–Crippen MR) is 80.9 cm³/mol. The van der Waals surface area contributed by atoms with E-state index in [0.29, 0.717) is 6.61 Å². The Balaban J connectivity index is 1.96. The van der Waals surface area contributed by atoms with E-state index in [2.05, 4.69) is 37.4 Å². The minimum atomic E-state index is 0.704. The van der Waals surface area contributed by atoms with Gasteiger partial charge in [-0.3, -0.25) is 0 Å². The van der Waals surface area contributed by atoms with E-state index in [1.165, 1.54) is 16.7 Å². The van der Waals surface area contributed by atoms with Crippen molar-refractivity contribution >= 4 is 5.69 Å². The number of hydrogen-bond donors (Lipinski definition) is 1. The number of benzene rings is 2. The number of hydrogen-bond acceptors (Lipinski definition) is 2. The lowest BCUT2D eigenvalue weighted by Gasteiger charge is -2.09. The van der Waals surface area contributed by atoms with Gasteiger partial charge in [0.05, 0.1) is 6.61 Å². The smallest absolute Gasteiger partial charge is 0.119 e. The molecule has 19 heavy (non-hydrogen) atoms. The summed E-state index contributed by atoms with van der Waals surface area (Å²) in [5, 5.41) is 3.42. The molecule has 0 unspecified atom stereocenters. The van der Waals surface area contributed by atoms with Crippen molar-refractivity contribution in [2.45, 2.75) is 27.3 Å². The van der Waals surface area contributed by atoms with Gasteiger partial charge in [-0.15, -0.1) is 0 Å². The maximum absolute atomic E-state index is 5.42. The lowest BCUT2D eigenvalue weighted by Crippen LogP contribution is -2.00. The monoisotopic (exact) mass is 255 g/mol. The third-order valence-electron chi connectivity index (χ3n) is 3.23. The average Bonchev–Trinajstić information content (AvgIpc) is 2.42. The van der Waals surface area contributed by atoms with Gasteiger partial charge in [-0.2, -0.15) is 0 Å². The van der Waals surface area contributed by atoms with Crippen molar-refractivity contribution in [1.82, 2.24) is 0 Å². The quantitative estimate of drug-likeness (QED) is 0.859. The average molecular weight is 255 g/mol. The first-order valence-corrected chi connectivity index (χ1v) is 6.72. The molecule has 0 aromatic heterocycles. The normalized spacial score (nSPS) is 10.3. The van der Waals surface area contributed by atoms with Gasteiger partial charge >= 0.3 is 0 Å². The van der Waals surface area contributed by atoms with Crippen LogP contribution in [0, 0.1) is 13.8 Å². The summed E-state index contributed by atoms with van der Waals surface area (Å²) in [5.74, 6) is 0.916. The van der Waals surface area contributed by atoms with E-state index in [9.17, 15) is 0 Å². The molecule has 0 saturated heterocycles. The summed E-state index contributed by atoms with van der Waals surface area (Å²) in [6.45, 7) is 7.82. The number of rotatable bonds is 5. The van der Waals surface area contributed by atoms with Gasteiger partial charge in [-0.05, 0) is 61.7 Å². The molecule has 0 bridgehead atoms. The Bertz CT molecular complexity index is 531. The van der Waals surface area contributed by atoms with Crippen LogP contribution in [0.1, 0.15) is 23.6 Å². The van der Waals surface area contributed by atoms with E-state index in [1.54, 1.807) is 0 Å². The Hall–Kier alpha value is -1.96. The summed E-state index contributed by atoms with van der Waals surface area (Å²) in [5.41, 5.74) is 5.09. The fourth-order valence-electron chi connectivity index (χ4n) is 1.95. The van der Waals surface area contributed by atoms with Crippen LogP contribution in [-0.2, 0) is 6.54 Å². The van der Waals surface area contributed by atoms with Crippen molar-refractivity contribution < 1.29 is 4.74 Å². The van der Waals surface area contributed by atoms with Gasteiger partial charge in [0, 0.05) is 12.2 Å². The summed E-state index contributed by atoms with van der Waals surface area (Å²) in [7, 11) is 0. The number of anilines is 1. The molecular weight excluding hydrogens is 234 g/mol. The highest BCUT2D eigenvalue weighted by molar-refractivity contribution is 5.47. The first-order valence-electron chi connectivity index (χ1n) is 6.72. The van der Waals surface area contributed by atoms with E-state index >= 15 is 0 Å². The first-order chi connectivity index (χ1) is 9.19. The molecule has 100 valence electrons. The number of ether oxygens (including phenoxy) is 1. The molecule has 2 aromatic carbocycles. The summed E-state index contributed by atoms with van der Waals surface area (Å²) >= 11 is 0. The van der Waals surface area contributed by atoms with Crippen LogP contribution in [0.5, 0.6) is 5.75 Å². The van der Waals surface area contributed by atoms with Crippen molar-refractivity contribution in [3.05, 3.63) is 59.2 Å². The molecule has 0 heterocycles. The SMILES string of the molecule is CCOc1ccc(NCc2ccc(C)c(C)c2)cc1. The number of nitrogens with one attached hydrogen (secondary N) is 1. The molecular formula is C17H21NO. The maximum atomic E-state index is 5.42. The summed E-state index contributed by atoms with van der Waals surface area (Å²) in [6.07, 6.45) is 0. The second-order valence-electron chi connectivity index (χ2n) is 4.73. The van der Waals surface area contributed by atoms with Crippen LogP contribution < -0.4 is 10.1 Å². The third-order valence-corrected chi connectivity index (χ3v) is 3.23. The fraction of sp³-hybridized carbons (Fsp3) is 0.294. The van der Waals surface area contributed by atoms with Gasteiger partial charge in [0.25, 0.3) is 0 Å². The molecule has 0 radical (unpaired) electrons. The maximum Gasteiger partial charge on any atom is 0.119 e. The Morgan fingerprint density at radius 2 is 1.68 bits per heavy atom. The first kappa shape index (κ1) is 13.5. The lowest BCUT2D eigenvalue weighted by atomic mass is 10.1. The van der Waals surface area contributed by atoms with Crippen molar-refractivity contribution in [3.8, 4) is 5.75 Å². The van der Waals surface area contributed by atoms with E-state index in [4.69, 9.17) is 4.74 Å². The zero-order chi connectivity index (χ0) is 13.7. The highest BCUT2D eigenvalue weighted by Crippen LogP contribution is 2.17. The Morgan fingerprint density at radius 3 is 2.32 bits per heavy atom. The van der Waals surface area contributed by atoms with Gasteiger partial charge in [0.15, 0.2) is 0 Å². The molecule has 0 fully saturated rings. The van der Waals surface area contributed by atoms with Crippen molar-refractivity contribution in [1.29, 1.82) is 0 Å². The van der Waals surface area contributed by atoms with Crippen LogP contribution in [0.2, 0.25) is 0 Å². The molecule has 1 N–H and O–H groups in total. The summed E-state index contributed by atoms with van der Waals surface area (Å²) in [4.78, 5) is 0. The molecule has 2 nitrogen and oxygen atoms in total. The highest BCUT2D eigenvalue weighted by atomic mass is 16.5. The highest BCUT2D eigenvalue weighted by Gasteiger charge is 1.98. The molecule has 0 aliphatic carbocycles. The van der Waals surface area contributed by atoms with Crippen molar-refractivity contribution in [3.63, 3.8) is 0 Å². The molecule has 2 rings (SSSR count). The summed E-state index contributed by atoms with van der Waals surface area (Å²) in [6, 6.07) is 14.7. The molecule has 2 aromatic rings. The lowest BCUT2D eigenvalue weighted by molar-refractivity contribution is 0.340. The van der Waals surface area contributed by atoms with E-state index in [1.807, 2.05) is 31.2 Å². The van der Waals surface area contributed by atoms with Crippen LogP contribution >= 0.6 is 0 Å². The van der Waals surface area contributed by atoms with Gasteiger partial charge < -0.3 is 10.1 Å². The molecule has 0 spiro atoms. The minimum Gasteiger partial charge on any atom is -0.494 e. The second-order valence-corrected chi connectivity index (χ2v) is 4.73. The second kappa shape index (κ2) is 6.28. The topological polar surface area (TPSA) is 21.3 Å². The van der Waals surface area contributed by atoms with E-state index < -0.39 is 0 Å². The summed E-state index contributed by atoms with van der Waals surface area (Å²) < 4.78 is 5.42. The van der Waals surface area contributed by atoms with Crippen LogP contribution in [0.4, 0.5) is 5.69 Å². The molecule has 2 heteroatoms. The zero-order valence-electron chi connectivity index (χ0n) is 11.9. The van der Waals surface area contributed by atoms with Crippen LogP contribution in [-0.4, -0.2) is 6.61 Å². The Kier molecular flexibility index (Phi) is 4.45. The van der Waals surface area contributed by atoms with Crippen LogP contribution in [0.3, 0.4) is 0 Å². The van der Waals surface area contributed by atoms with Gasteiger partial charge in [-0.25, -0.2) is 0 Å². The zero-order valence-corrected chi connectivity index (χ0v) is 11.9. The largest absolute Gasteiger partial charge is 0.494 e. The third kappa shape index (κ3) is 3.75. The van der Waals surface area contributed by atoms with Gasteiger partial charge in [-0.1, -0.05) is 18.2 Å². The van der Waals surface area contributed by atoms with Crippen LogP contribution in [0.15, 0.2) is 42.5 Å². The molecule has 0 aliphatic rings. The van der Waals surface area contributed by atoms with Crippen molar-refractivity contribution in [2.75, 3.05) is 11.9 Å². The molecule has 0 aliphatic heterocycles. The number of aryl methyl sites for hydroxylation is 2. The predicted octanol–water partition coefficient (Wildman–Crippen LogP) is 4.31. The minimum absolute atomic E-state index is 0.704. The van der Waals surface area contributed by atoms with Gasteiger partial charge in [0.2, 0.25) is 0 Å². The standard InChI is InChI=1S/C17H21NO/c1-4-19-17-9-7-16(8-10-17)18-12-15-6-5-13(2)14(3)11-15/h5-11,18H,4,12H2,1-3H3.